The zero-order valence-corrected chi connectivity index (χ0v) is 10.00. The first kappa shape index (κ1) is 12.0. The van der Waals surface area contributed by atoms with Crippen molar-refractivity contribution in [3.05, 3.63) is 0 Å². The zero-order valence-electron chi connectivity index (χ0n) is 10.00. The van der Waals surface area contributed by atoms with Crippen LogP contribution in [-0.2, 0) is 0 Å². The lowest BCUT2D eigenvalue weighted by atomic mass is 10.1. The molecule has 0 aliphatic heterocycles. The van der Waals surface area contributed by atoms with Gasteiger partial charge < -0.3 is 10.6 Å². The third kappa shape index (κ3) is 4.43. The molecule has 0 amide bonds. The normalized spacial score (nSPS) is 28.1. The highest BCUT2D eigenvalue weighted by atomic mass is 15.1. The standard InChI is InChI=1S/C12H26N2/c1-4-12(13)6-5-7-14(3)9-11-8-10(11)2/h10-12H,4-9,13H2,1-3H3. The fourth-order valence-electron chi connectivity index (χ4n) is 1.97. The van der Waals surface area contributed by atoms with E-state index >= 15 is 0 Å². The Morgan fingerprint density at radius 2 is 2.14 bits per heavy atom. The molecule has 0 saturated heterocycles. The lowest BCUT2D eigenvalue weighted by Crippen LogP contribution is -2.25. The molecule has 3 unspecified atom stereocenters. The van der Waals surface area contributed by atoms with Gasteiger partial charge in [0.05, 0.1) is 0 Å². The average Bonchev–Trinajstić information content (AvgIpc) is 2.81. The van der Waals surface area contributed by atoms with Crippen molar-refractivity contribution in [1.29, 1.82) is 0 Å². The summed E-state index contributed by atoms with van der Waals surface area (Å²) in [6.07, 6.45) is 5.00. The van der Waals surface area contributed by atoms with Crippen LogP contribution in [-0.4, -0.2) is 31.1 Å². The average molecular weight is 198 g/mol. The van der Waals surface area contributed by atoms with Crippen molar-refractivity contribution in [2.24, 2.45) is 17.6 Å². The topological polar surface area (TPSA) is 29.3 Å². The highest BCUT2D eigenvalue weighted by Crippen LogP contribution is 2.37. The molecule has 14 heavy (non-hydrogen) atoms. The van der Waals surface area contributed by atoms with Crippen LogP contribution in [0.5, 0.6) is 0 Å². The highest BCUT2D eigenvalue weighted by Gasteiger charge is 2.32. The second-order valence-electron chi connectivity index (χ2n) is 5.05. The highest BCUT2D eigenvalue weighted by molar-refractivity contribution is 4.84. The van der Waals surface area contributed by atoms with Crippen LogP contribution < -0.4 is 5.73 Å². The van der Waals surface area contributed by atoms with E-state index in [4.69, 9.17) is 5.73 Å². The third-order valence-corrected chi connectivity index (χ3v) is 3.46. The number of hydrogen-bond donors (Lipinski definition) is 1. The Morgan fingerprint density at radius 3 is 2.64 bits per heavy atom. The summed E-state index contributed by atoms with van der Waals surface area (Å²) in [6, 6.07) is 0.420. The minimum atomic E-state index is 0.420. The maximum atomic E-state index is 5.88. The summed E-state index contributed by atoms with van der Waals surface area (Å²) >= 11 is 0. The molecule has 2 nitrogen and oxygen atoms in total. The smallest absolute Gasteiger partial charge is 0.00366 e. The van der Waals surface area contributed by atoms with Crippen LogP contribution in [0, 0.1) is 11.8 Å². The molecule has 84 valence electrons. The van der Waals surface area contributed by atoms with E-state index in [0.717, 1.165) is 18.3 Å². The molecule has 2 N–H and O–H groups in total. The molecule has 1 saturated carbocycles. The van der Waals surface area contributed by atoms with E-state index in [9.17, 15) is 0 Å². The summed E-state index contributed by atoms with van der Waals surface area (Å²) in [5.41, 5.74) is 5.88. The first-order valence-corrected chi connectivity index (χ1v) is 6.07. The van der Waals surface area contributed by atoms with Gasteiger partial charge in [0.15, 0.2) is 0 Å². The molecular formula is C12H26N2. The lowest BCUT2D eigenvalue weighted by molar-refractivity contribution is 0.303. The van der Waals surface area contributed by atoms with E-state index in [-0.39, 0.29) is 0 Å². The predicted octanol–water partition coefficient (Wildman–Crippen LogP) is 2.09. The first-order valence-electron chi connectivity index (χ1n) is 6.07. The van der Waals surface area contributed by atoms with Crippen molar-refractivity contribution in [1.82, 2.24) is 4.90 Å². The van der Waals surface area contributed by atoms with Gasteiger partial charge in [-0.25, -0.2) is 0 Å². The number of rotatable bonds is 7. The Kier molecular flexibility index (Phi) is 4.90. The summed E-state index contributed by atoms with van der Waals surface area (Å²) in [7, 11) is 2.24. The van der Waals surface area contributed by atoms with E-state index in [1.54, 1.807) is 0 Å². The quantitative estimate of drug-likeness (QED) is 0.679. The monoisotopic (exact) mass is 198 g/mol. The van der Waals surface area contributed by atoms with Crippen molar-refractivity contribution in [3.63, 3.8) is 0 Å². The second-order valence-corrected chi connectivity index (χ2v) is 5.05. The van der Waals surface area contributed by atoms with Crippen LogP contribution in [0.1, 0.15) is 39.5 Å². The molecule has 0 spiro atoms. The Balaban J connectivity index is 1.95. The molecule has 0 radical (unpaired) electrons. The Labute approximate surface area is 88.8 Å². The van der Waals surface area contributed by atoms with Crippen LogP contribution in [0.3, 0.4) is 0 Å². The van der Waals surface area contributed by atoms with Crippen LogP contribution in [0.2, 0.25) is 0 Å². The largest absolute Gasteiger partial charge is 0.328 e. The summed E-state index contributed by atoms with van der Waals surface area (Å²) < 4.78 is 0. The molecule has 0 aromatic rings. The minimum Gasteiger partial charge on any atom is -0.328 e. The van der Waals surface area contributed by atoms with Gasteiger partial charge in [-0.3, -0.25) is 0 Å². The van der Waals surface area contributed by atoms with Crippen LogP contribution in [0.15, 0.2) is 0 Å². The molecular weight excluding hydrogens is 172 g/mol. The van der Waals surface area contributed by atoms with Gasteiger partial charge in [-0.05, 0) is 51.1 Å². The molecule has 0 heterocycles. The van der Waals surface area contributed by atoms with Crippen LogP contribution >= 0.6 is 0 Å². The van der Waals surface area contributed by atoms with Crippen LogP contribution in [0.4, 0.5) is 0 Å². The molecule has 1 aliphatic carbocycles. The van der Waals surface area contributed by atoms with Crippen molar-refractivity contribution in [3.8, 4) is 0 Å². The van der Waals surface area contributed by atoms with E-state index in [1.807, 2.05) is 0 Å². The summed E-state index contributed by atoms with van der Waals surface area (Å²) in [4.78, 5) is 2.47. The maximum Gasteiger partial charge on any atom is 0.00366 e. The van der Waals surface area contributed by atoms with Gasteiger partial charge >= 0.3 is 0 Å². The number of nitrogens with zero attached hydrogens (tertiary/aromatic N) is 1. The Morgan fingerprint density at radius 1 is 1.50 bits per heavy atom. The van der Waals surface area contributed by atoms with E-state index in [0.29, 0.717) is 6.04 Å². The van der Waals surface area contributed by atoms with Gasteiger partial charge in [0.2, 0.25) is 0 Å². The van der Waals surface area contributed by atoms with Crippen molar-refractivity contribution < 1.29 is 0 Å². The Bertz CT molecular complexity index is 158. The third-order valence-electron chi connectivity index (χ3n) is 3.46. The van der Waals surface area contributed by atoms with Gasteiger partial charge in [0.25, 0.3) is 0 Å². The molecule has 1 rings (SSSR count). The fourth-order valence-corrected chi connectivity index (χ4v) is 1.97. The zero-order chi connectivity index (χ0) is 10.6. The molecule has 0 aromatic heterocycles. The van der Waals surface area contributed by atoms with Gasteiger partial charge in [-0.2, -0.15) is 0 Å². The van der Waals surface area contributed by atoms with Crippen LogP contribution in [0.25, 0.3) is 0 Å². The fraction of sp³-hybridized carbons (Fsp3) is 1.00. The second kappa shape index (κ2) is 5.72. The Hall–Kier alpha value is -0.0800. The summed E-state index contributed by atoms with van der Waals surface area (Å²) in [5.74, 6) is 1.97. The van der Waals surface area contributed by atoms with Crippen molar-refractivity contribution in [2.75, 3.05) is 20.1 Å². The van der Waals surface area contributed by atoms with Gasteiger partial charge in [0.1, 0.15) is 0 Å². The SMILES string of the molecule is CCC(N)CCCN(C)CC1CC1C. The number of nitrogens with two attached hydrogens (primary N) is 1. The van der Waals surface area contributed by atoms with E-state index in [2.05, 4.69) is 25.8 Å². The summed E-state index contributed by atoms with van der Waals surface area (Å²) in [6.45, 7) is 7.03. The van der Waals surface area contributed by atoms with E-state index in [1.165, 1.54) is 32.4 Å². The van der Waals surface area contributed by atoms with Gasteiger partial charge in [-0.15, -0.1) is 0 Å². The maximum absolute atomic E-state index is 5.88. The molecule has 0 aromatic carbocycles. The van der Waals surface area contributed by atoms with Gasteiger partial charge in [-0.1, -0.05) is 13.8 Å². The number of hydrogen-bond acceptors (Lipinski definition) is 2. The molecule has 2 heteroatoms. The molecule has 1 fully saturated rings. The molecule has 0 bridgehead atoms. The first-order chi connectivity index (χ1) is 6.63. The molecule has 1 aliphatic rings. The summed E-state index contributed by atoms with van der Waals surface area (Å²) in [5, 5.41) is 0. The predicted molar refractivity (Wildman–Crippen MR) is 62.3 cm³/mol. The van der Waals surface area contributed by atoms with Crippen molar-refractivity contribution >= 4 is 0 Å². The van der Waals surface area contributed by atoms with Gasteiger partial charge in [0, 0.05) is 12.6 Å². The van der Waals surface area contributed by atoms with E-state index < -0.39 is 0 Å². The van der Waals surface area contributed by atoms with Crippen molar-refractivity contribution in [2.45, 2.75) is 45.6 Å². The molecule has 3 atom stereocenters. The lowest BCUT2D eigenvalue weighted by Gasteiger charge is -2.17. The minimum absolute atomic E-state index is 0.420.